The molecule has 0 atom stereocenters. The highest BCUT2D eigenvalue weighted by Crippen LogP contribution is 2.17. The van der Waals surface area contributed by atoms with Gasteiger partial charge >= 0.3 is 0 Å². The summed E-state index contributed by atoms with van der Waals surface area (Å²) in [6.45, 7) is 4.14. The molecular weight excluding hydrogens is 228 g/mol. The van der Waals surface area contributed by atoms with Gasteiger partial charge in [-0.1, -0.05) is 6.92 Å². The van der Waals surface area contributed by atoms with Gasteiger partial charge in [0.1, 0.15) is 0 Å². The lowest BCUT2D eigenvalue weighted by atomic mass is 10.2. The molecule has 1 saturated heterocycles. The zero-order valence-electron chi connectivity index (χ0n) is 10.9. The van der Waals surface area contributed by atoms with E-state index in [1.54, 1.807) is 0 Å². The monoisotopic (exact) mass is 248 g/mol. The van der Waals surface area contributed by atoms with Gasteiger partial charge in [0.25, 0.3) is 0 Å². The normalized spacial score (nSPS) is 15.1. The standard InChI is InChI=1S/C13H20N4O/c1-2-10-9-11(5-6-12(14)18)16-13(15-10)17-7-3-4-8-17/h9H,2-8H2,1H3,(H2,14,18). The van der Waals surface area contributed by atoms with E-state index in [1.165, 1.54) is 12.8 Å². The van der Waals surface area contributed by atoms with Crippen molar-refractivity contribution in [2.45, 2.75) is 39.0 Å². The van der Waals surface area contributed by atoms with E-state index in [4.69, 9.17) is 5.73 Å². The molecule has 98 valence electrons. The topological polar surface area (TPSA) is 72.1 Å². The van der Waals surface area contributed by atoms with Gasteiger partial charge < -0.3 is 10.6 Å². The molecule has 1 aliphatic heterocycles. The van der Waals surface area contributed by atoms with Crippen molar-refractivity contribution in [2.24, 2.45) is 5.73 Å². The molecule has 5 heteroatoms. The number of aromatic nitrogens is 2. The van der Waals surface area contributed by atoms with Gasteiger partial charge in [0.05, 0.1) is 0 Å². The van der Waals surface area contributed by atoms with Crippen molar-refractivity contribution in [2.75, 3.05) is 18.0 Å². The van der Waals surface area contributed by atoms with Crippen LogP contribution in [0.1, 0.15) is 37.6 Å². The number of primary amides is 1. The number of carbonyl (C=O) groups excluding carboxylic acids is 1. The first-order chi connectivity index (χ1) is 8.69. The van der Waals surface area contributed by atoms with E-state index in [-0.39, 0.29) is 5.91 Å². The minimum Gasteiger partial charge on any atom is -0.370 e. The van der Waals surface area contributed by atoms with Gasteiger partial charge in [-0.15, -0.1) is 0 Å². The summed E-state index contributed by atoms with van der Waals surface area (Å²) in [5.74, 6) is 0.528. The van der Waals surface area contributed by atoms with E-state index in [0.717, 1.165) is 36.8 Å². The van der Waals surface area contributed by atoms with Crippen LogP contribution in [0.2, 0.25) is 0 Å². The fourth-order valence-electron chi connectivity index (χ4n) is 2.16. The molecule has 0 unspecified atom stereocenters. The molecule has 2 N–H and O–H groups in total. The van der Waals surface area contributed by atoms with Gasteiger partial charge in [0, 0.05) is 30.9 Å². The molecule has 0 spiro atoms. The Balaban J connectivity index is 2.18. The zero-order valence-corrected chi connectivity index (χ0v) is 10.9. The lowest BCUT2D eigenvalue weighted by Crippen LogP contribution is -2.22. The van der Waals surface area contributed by atoms with Crippen LogP contribution in [0, 0.1) is 0 Å². The third-order valence-corrected chi connectivity index (χ3v) is 3.20. The Labute approximate surface area is 107 Å². The molecule has 1 aromatic rings. The molecule has 5 nitrogen and oxygen atoms in total. The number of carbonyl (C=O) groups is 1. The summed E-state index contributed by atoms with van der Waals surface area (Å²) in [7, 11) is 0. The van der Waals surface area contributed by atoms with E-state index in [0.29, 0.717) is 12.8 Å². The van der Waals surface area contributed by atoms with Crippen molar-refractivity contribution in [3.8, 4) is 0 Å². The van der Waals surface area contributed by atoms with Crippen LogP contribution in [-0.4, -0.2) is 29.0 Å². The van der Waals surface area contributed by atoms with Crippen molar-refractivity contribution in [1.29, 1.82) is 0 Å². The minimum atomic E-state index is -0.283. The first-order valence-electron chi connectivity index (χ1n) is 6.59. The van der Waals surface area contributed by atoms with Crippen LogP contribution in [0.15, 0.2) is 6.07 Å². The minimum absolute atomic E-state index is 0.283. The first-order valence-corrected chi connectivity index (χ1v) is 6.59. The SMILES string of the molecule is CCc1cc(CCC(N)=O)nc(N2CCCC2)n1. The second-order valence-electron chi connectivity index (χ2n) is 4.66. The molecule has 0 aliphatic carbocycles. The number of anilines is 1. The highest BCUT2D eigenvalue weighted by molar-refractivity contribution is 5.73. The molecule has 1 amide bonds. The summed E-state index contributed by atoms with van der Waals surface area (Å²) in [6.07, 6.45) is 4.24. The molecule has 2 rings (SSSR count). The number of amides is 1. The Kier molecular flexibility index (Phi) is 4.12. The van der Waals surface area contributed by atoms with E-state index in [1.807, 2.05) is 6.07 Å². The second-order valence-corrected chi connectivity index (χ2v) is 4.66. The number of aryl methyl sites for hydroxylation is 2. The second kappa shape index (κ2) is 5.80. The van der Waals surface area contributed by atoms with Crippen LogP contribution >= 0.6 is 0 Å². The summed E-state index contributed by atoms with van der Waals surface area (Å²) >= 11 is 0. The van der Waals surface area contributed by atoms with Crippen LogP contribution in [0.25, 0.3) is 0 Å². The largest absolute Gasteiger partial charge is 0.370 e. The number of hydrogen-bond acceptors (Lipinski definition) is 4. The third kappa shape index (κ3) is 3.18. The quantitative estimate of drug-likeness (QED) is 0.845. The lowest BCUT2D eigenvalue weighted by Gasteiger charge is -2.16. The summed E-state index contributed by atoms with van der Waals surface area (Å²) in [4.78, 5) is 22.2. The predicted octanol–water partition coefficient (Wildman–Crippen LogP) is 1.06. The van der Waals surface area contributed by atoms with Gasteiger partial charge in [-0.2, -0.15) is 0 Å². The van der Waals surface area contributed by atoms with Crippen LogP contribution in [0.3, 0.4) is 0 Å². The molecule has 1 aliphatic rings. The molecule has 1 aromatic heterocycles. The molecule has 2 heterocycles. The molecular formula is C13H20N4O. The first kappa shape index (κ1) is 12.8. The summed E-state index contributed by atoms with van der Waals surface area (Å²) < 4.78 is 0. The Bertz CT molecular complexity index is 427. The number of hydrogen-bond donors (Lipinski definition) is 1. The van der Waals surface area contributed by atoms with Gasteiger partial charge in [-0.3, -0.25) is 4.79 Å². The third-order valence-electron chi connectivity index (χ3n) is 3.20. The van der Waals surface area contributed by atoms with Gasteiger partial charge in [0.15, 0.2) is 0 Å². The summed E-state index contributed by atoms with van der Waals surface area (Å²) in [5, 5.41) is 0. The fraction of sp³-hybridized carbons (Fsp3) is 0.615. The van der Waals surface area contributed by atoms with Crippen LogP contribution in [0.4, 0.5) is 5.95 Å². The Morgan fingerprint density at radius 2 is 2.00 bits per heavy atom. The summed E-state index contributed by atoms with van der Waals surface area (Å²) in [5.41, 5.74) is 7.13. The van der Waals surface area contributed by atoms with Crippen LogP contribution in [-0.2, 0) is 17.6 Å². The van der Waals surface area contributed by atoms with Crippen molar-refractivity contribution >= 4 is 11.9 Å². The van der Waals surface area contributed by atoms with Gasteiger partial charge in [0.2, 0.25) is 11.9 Å². The highest BCUT2D eigenvalue weighted by Gasteiger charge is 2.16. The molecule has 18 heavy (non-hydrogen) atoms. The van der Waals surface area contributed by atoms with Crippen molar-refractivity contribution < 1.29 is 4.79 Å². The smallest absolute Gasteiger partial charge is 0.225 e. The Morgan fingerprint density at radius 1 is 1.33 bits per heavy atom. The van der Waals surface area contributed by atoms with Gasteiger partial charge in [-0.25, -0.2) is 9.97 Å². The van der Waals surface area contributed by atoms with Crippen molar-refractivity contribution in [3.05, 3.63) is 17.5 Å². The summed E-state index contributed by atoms with van der Waals surface area (Å²) in [6, 6.07) is 1.97. The van der Waals surface area contributed by atoms with Crippen LogP contribution in [0.5, 0.6) is 0 Å². The molecule has 0 aromatic carbocycles. The van der Waals surface area contributed by atoms with E-state index in [2.05, 4.69) is 21.8 Å². The van der Waals surface area contributed by atoms with E-state index in [9.17, 15) is 4.79 Å². The van der Waals surface area contributed by atoms with Crippen molar-refractivity contribution in [1.82, 2.24) is 9.97 Å². The maximum Gasteiger partial charge on any atom is 0.225 e. The zero-order chi connectivity index (χ0) is 13.0. The maximum atomic E-state index is 10.8. The van der Waals surface area contributed by atoms with E-state index >= 15 is 0 Å². The molecule has 0 saturated carbocycles. The predicted molar refractivity (Wildman–Crippen MR) is 70.4 cm³/mol. The lowest BCUT2D eigenvalue weighted by molar-refractivity contribution is -0.118. The fourth-order valence-corrected chi connectivity index (χ4v) is 2.16. The molecule has 1 fully saturated rings. The van der Waals surface area contributed by atoms with E-state index < -0.39 is 0 Å². The Morgan fingerprint density at radius 3 is 2.61 bits per heavy atom. The number of rotatable bonds is 5. The highest BCUT2D eigenvalue weighted by atomic mass is 16.1. The average Bonchev–Trinajstić information content (AvgIpc) is 2.89. The number of nitrogens with zero attached hydrogens (tertiary/aromatic N) is 3. The molecule has 0 radical (unpaired) electrons. The Hall–Kier alpha value is -1.65. The number of nitrogens with two attached hydrogens (primary N) is 1. The molecule has 0 bridgehead atoms. The van der Waals surface area contributed by atoms with Crippen LogP contribution < -0.4 is 10.6 Å². The average molecular weight is 248 g/mol. The maximum absolute atomic E-state index is 10.8. The van der Waals surface area contributed by atoms with Crippen molar-refractivity contribution in [3.63, 3.8) is 0 Å². The van der Waals surface area contributed by atoms with Gasteiger partial charge in [-0.05, 0) is 31.7 Å².